The van der Waals surface area contributed by atoms with E-state index in [1.54, 1.807) is 21.3 Å². The van der Waals surface area contributed by atoms with Gasteiger partial charge in [0.15, 0.2) is 11.5 Å². The molecule has 0 aliphatic carbocycles. The highest BCUT2D eigenvalue weighted by molar-refractivity contribution is 5.73. The molecule has 0 aliphatic rings. The maximum Gasteiger partial charge on any atom is 0.315 e. The first-order valence-corrected chi connectivity index (χ1v) is 7.95. The van der Waals surface area contributed by atoms with E-state index in [-0.39, 0.29) is 6.03 Å². The second-order valence-electron chi connectivity index (χ2n) is 5.48. The van der Waals surface area contributed by atoms with E-state index >= 15 is 0 Å². The topological polar surface area (TPSA) is 68.8 Å². The number of carbonyl (C=O) groups excluding carboxylic acids is 1. The van der Waals surface area contributed by atoms with E-state index < -0.39 is 0 Å². The average Bonchev–Trinajstić information content (AvgIpc) is 2.65. The molecule has 0 saturated heterocycles. The van der Waals surface area contributed by atoms with Crippen molar-refractivity contribution in [1.29, 1.82) is 0 Å². The Labute approximate surface area is 148 Å². The van der Waals surface area contributed by atoms with Gasteiger partial charge in [0.2, 0.25) is 0 Å². The van der Waals surface area contributed by atoms with Gasteiger partial charge in [-0.25, -0.2) is 4.79 Å². The van der Waals surface area contributed by atoms with Crippen LogP contribution in [0.25, 0.3) is 0 Å². The zero-order chi connectivity index (χ0) is 18.1. The van der Waals surface area contributed by atoms with Crippen LogP contribution in [0.1, 0.15) is 16.7 Å². The molecular formula is C19H24N2O4. The zero-order valence-corrected chi connectivity index (χ0v) is 14.8. The van der Waals surface area contributed by atoms with Gasteiger partial charge in [0.25, 0.3) is 0 Å². The van der Waals surface area contributed by atoms with Crippen molar-refractivity contribution in [3.63, 3.8) is 0 Å². The first-order valence-electron chi connectivity index (χ1n) is 7.95. The summed E-state index contributed by atoms with van der Waals surface area (Å²) in [7, 11) is 4.84. The van der Waals surface area contributed by atoms with Crippen molar-refractivity contribution in [2.75, 3.05) is 21.3 Å². The summed E-state index contributed by atoms with van der Waals surface area (Å²) in [6.45, 7) is 1.45. The third kappa shape index (κ3) is 5.69. The molecule has 0 bridgehead atoms. The van der Waals surface area contributed by atoms with Crippen LogP contribution in [-0.4, -0.2) is 27.4 Å². The van der Waals surface area contributed by atoms with E-state index in [2.05, 4.69) is 10.6 Å². The molecule has 0 atom stereocenters. The van der Waals surface area contributed by atoms with Crippen LogP contribution in [0.4, 0.5) is 4.79 Å². The second kappa shape index (κ2) is 9.54. The van der Waals surface area contributed by atoms with Gasteiger partial charge < -0.3 is 24.8 Å². The van der Waals surface area contributed by atoms with Crippen LogP contribution in [0.15, 0.2) is 42.5 Å². The Bertz CT molecular complexity index is 686. The molecule has 0 radical (unpaired) electrons. The molecule has 0 heterocycles. The molecule has 0 spiro atoms. The summed E-state index contributed by atoms with van der Waals surface area (Å²) in [6.07, 6.45) is 0. The van der Waals surface area contributed by atoms with Gasteiger partial charge in [0, 0.05) is 20.2 Å². The van der Waals surface area contributed by atoms with Crippen LogP contribution < -0.4 is 20.1 Å². The molecule has 2 aromatic carbocycles. The first-order chi connectivity index (χ1) is 12.2. The highest BCUT2D eigenvalue weighted by Gasteiger charge is 2.06. The largest absolute Gasteiger partial charge is 0.493 e. The highest BCUT2D eigenvalue weighted by Crippen LogP contribution is 2.27. The summed E-state index contributed by atoms with van der Waals surface area (Å²) in [5.41, 5.74) is 3.06. The Balaban J connectivity index is 1.80. The summed E-state index contributed by atoms with van der Waals surface area (Å²) in [4.78, 5) is 11.9. The SMILES string of the molecule is COCc1ccc(CNC(=O)NCc2ccc(OC)c(OC)c2)cc1. The van der Waals surface area contributed by atoms with Crippen molar-refractivity contribution < 1.29 is 19.0 Å². The molecule has 25 heavy (non-hydrogen) atoms. The third-order valence-electron chi connectivity index (χ3n) is 3.69. The van der Waals surface area contributed by atoms with Gasteiger partial charge >= 0.3 is 6.03 Å². The fourth-order valence-corrected chi connectivity index (χ4v) is 2.34. The Hall–Kier alpha value is -2.73. The van der Waals surface area contributed by atoms with Crippen LogP contribution in [0, 0.1) is 0 Å². The first kappa shape index (κ1) is 18.6. The van der Waals surface area contributed by atoms with Gasteiger partial charge in [-0.15, -0.1) is 0 Å². The quantitative estimate of drug-likeness (QED) is 0.773. The van der Waals surface area contributed by atoms with Gasteiger partial charge in [-0.1, -0.05) is 30.3 Å². The molecule has 0 unspecified atom stereocenters. The van der Waals surface area contributed by atoms with Crippen LogP contribution in [-0.2, 0) is 24.4 Å². The van der Waals surface area contributed by atoms with E-state index in [1.807, 2.05) is 42.5 Å². The molecular weight excluding hydrogens is 320 g/mol. The van der Waals surface area contributed by atoms with Crippen molar-refractivity contribution in [2.24, 2.45) is 0 Å². The zero-order valence-electron chi connectivity index (χ0n) is 14.8. The van der Waals surface area contributed by atoms with E-state index in [0.29, 0.717) is 31.2 Å². The average molecular weight is 344 g/mol. The fraction of sp³-hybridized carbons (Fsp3) is 0.316. The number of benzene rings is 2. The van der Waals surface area contributed by atoms with Crippen LogP contribution in [0.3, 0.4) is 0 Å². The van der Waals surface area contributed by atoms with E-state index in [0.717, 1.165) is 16.7 Å². The van der Waals surface area contributed by atoms with Crippen molar-refractivity contribution in [3.8, 4) is 11.5 Å². The Morgan fingerprint density at radius 3 is 1.96 bits per heavy atom. The monoisotopic (exact) mass is 344 g/mol. The van der Waals surface area contributed by atoms with Crippen LogP contribution in [0.2, 0.25) is 0 Å². The predicted molar refractivity (Wildman–Crippen MR) is 95.8 cm³/mol. The number of urea groups is 1. The lowest BCUT2D eigenvalue weighted by Gasteiger charge is -2.11. The van der Waals surface area contributed by atoms with Gasteiger partial charge in [-0.2, -0.15) is 0 Å². The van der Waals surface area contributed by atoms with Gasteiger partial charge in [-0.05, 0) is 28.8 Å². The minimum atomic E-state index is -0.226. The summed E-state index contributed by atoms with van der Waals surface area (Å²) in [5.74, 6) is 1.30. The lowest BCUT2D eigenvalue weighted by atomic mass is 10.1. The molecule has 2 rings (SSSR count). The molecule has 2 N–H and O–H groups in total. The minimum absolute atomic E-state index is 0.226. The summed E-state index contributed by atoms with van der Waals surface area (Å²) in [5, 5.41) is 5.66. The second-order valence-corrected chi connectivity index (χ2v) is 5.48. The number of carbonyl (C=O) groups is 1. The Kier molecular flexibility index (Phi) is 7.10. The van der Waals surface area contributed by atoms with Gasteiger partial charge in [0.05, 0.1) is 20.8 Å². The maximum atomic E-state index is 11.9. The Morgan fingerprint density at radius 1 is 0.800 bits per heavy atom. The number of ether oxygens (including phenoxy) is 3. The summed E-state index contributed by atoms with van der Waals surface area (Å²) < 4.78 is 15.5. The fourth-order valence-electron chi connectivity index (χ4n) is 2.34. The minimum Gasteiger partial charge on any atom is -0.493 e. The highest BCUT2D eigenvalue weighted by atomic mass is 16.5. The standard InChI is InChI=1S/C19H24N2O4/c1-23-13-15-6-4-14(5-7-15)11-20-19(22)21-12-16-8-9-17(24-2)18(10-16)25-3/h4-10H,11-13H2,1-3H3,(H2,20,21,22). The molecule has 0 aromatic heterocycles. The number of hydrogen-bond acceptors (Lipinski definition) is 4. The molecule has 0 aliphatic heterocycles. The predicted octanol–water partition coefficient (Wildman–Crippen LogP) is 2.85. The van der Waals surface area contributed by atoms with E-state index in [1.165, 1.54) is 0 Å². The number of methoxy groups -OCH3 is 3. The molecule has 134 valence electrons. The molecule has 0 fully saturated rings. The summed E-state index contributed by atoms with van der Waals surface area (Å²) in [6, 6.07) is 13.2. The van der Waals surface area contributed by atoms with Crippen molar-refractivity contribution in [2.45, 2.75) is 19.7 Å². The van der Waals surface area contributed by atoms with Crippen molar-refractivity contribution in [1.82, 2.24) is 10.6 Å². The molecule has 6 heteroatoms. The van der Waals surface area contributed by atoms with Crippen LogP contribution >= 0.6 is 0 Å². The Morgan fingerprint density at radius 2 is 1.36 bits per heavy atom. The molecule has 0 saturated carbocycles. The van der Waals surface area contributed by atoms with Crippen LogP contribution in [0.5, 0.6) is 11.5 Å². The van der Waals surface area contributed by atoms with Crippen molar-refractivity contribution >= 4 is 6.03 Å². The lowest BCUT2D eigenvalue weighted by Crippen LogP contribution is -2.34. The lowest BCUT2D eigenvalue weighted by molar-refractivity contribution is 0.185. The molecule has 6 nitrogen and oxygen atoms in total. The van der Waals surface area contributed by atoms with E-state index in [9.17, 15) is 4.79 Å². The smallest absolute Gasteiger partial charge is 0.315 e. The molecule has 2 aromatic rings. The van der Waals surface area contributed by atoms with E-state index in [4.69, 9.17) is 14.2 Å². The number of nitrogens with one attached hydrogen (secondary N) is 2. The van der Waals surface area contributed by atoms with Gasteiger partial charge in [0.1, 0.15) is 0 Å². The number of hydrogen-bond donors (Lipinski definition) is 2. The van der Waals surface area contributed by atoms with Gasteiger partial charge in [-0.3, -0.25) is 0 Å². The van der Waals surface area contributed by atoms with Crippen molar-refractivity contribution in [3.05, 3.63) is 59.2 Å². The maximum absolute atomic E-state index is 11.9. The number of amides is 2. The summed E-state index contributed by atoms with van der Waals surface area (Å²) >= 11 is 0. The number of rotatable bonds is 8. The third-order valence-corrected chi connectivity index (χ3v) is 3.69. The normalized spacial score (nSPS) is 10.2. The molecule has 2 amide bonds.